The molecule has 0 fully saturated rings. The Morgan fingerprint density at radius 1 is 1.38 bits per heavy atom. The van der Waals surface area contributed by atoms with Gasteiger partial charge in [0, 0.05) is 0 Å². The highest BCUT2D eigenvalue weighted by atomic mass is 16.6. The lowest BCUT2D eigenvalue weighted by molar-refractivity contribution is -0.184. The summed E-state index contributed by atoms with van der Waals surface area (Å²) in [5.74, 6) is 0. The van der Waals surface area contributed by atoms with Crippen LogP contribution in [0.5, 0.6) is 0 Å². The van der Waals surface area contributed by atoms with E-state index in [4.69, 9.17) is 4.74 Å². The summed E-state index contributed by atoms with van der Waals surface area (Å²) >= 11 is 0. The normalized spacial score (nSPS) is 16.1. The van der Waals surface area contributed by atoms with Gasteiger partial charge in [0.1, 0.15) is 0 Å². The monoisotopic (exact) mass is 117 g/mol. The molecule has 0 saturated carbocycles. The van der Waals surface area contributed by atoms with Crippen LogP contribution in [0.1, 0.15) is 27.7 Å². The van der Waals surface area contributed by atoms with Crippen LogP contribution in [-0.2, 0) is 9.84 Å². The minimum Gasteiger partial charge on any atom is -0.344 e. The van der Waals surface area contributed by atoms with E-state index >= 15 is 0 Å². The molecule has 0 aromatic rings. The van der Waals surface area contributed by atoms with Gasteiger partial charge in [0.05, 0.1) is 5.60 Å². The Labute approximate surface area is 50.5 Å². The lowest BCUT2D eigenvalue weighted by Crippen LogP contribution is -2.24. The molecule has 1 atom stereocenters. The summed E-state index contributed by atoms with van der Waals surface area (Å²) < 4.78 is 4.88. The summed E-state index contributed by atoms with van der Waals surface area (Å²) in [6, 6.07) is 0. The molecule has 1 radical (unpaired) electrons. The highest BCUT2D eigenvalue weighted by Gasteiger charge is 2.13. The van der Waals surface area contributed by atoms with Gasteiger partial charge in [-0.3, -0.25) is 0 Å². The van der Waals surface area contributed by atoms with Crippen LogP contribution in [-0.4, -0.2) is 11.9 Å². The molecular formula is C6H13O2. The molecule has 2 heteroatoms. The quantitative estimate of drug-likeness (QED) is 0.479. The highest BCUT2D eigenvalue weighted by molar-refractivity contribution is 4.57. The third-order valence-corrected chi connectivity index (χ3v) is 0.520. The van der Waals surface area contributed by atoms with Crippen molar-refractivity contribution in [1.29, 1.82) is 0 Å². The van der Waals surface area contributed by atoms with Gasteiger partial charge in [-0.2, -0.15) is 0 Å². The van der Waals surface area contributed by atoms with Crippen LogP contribution in [0, 0.1) is 0 Å². The topological polar surface area (TPSA) is 29.1 Å². The number of hydrogen-bond acceptors (Lipinski definition) is 1. The molecule has 0 aromatic heterocycles. The predicted octanol–water partition coefficient (Wildman–Crippen LogP) is 1.58. The molecule has 0 saturated heterocycles. The molecule has 49 valence electrons. The highest BCUT2D eigenvalue weighted by Crippen LogP contribution is 2.08. The van der Waals surface area contributed by atoms with E-state index < -0.39 is 6.29 Å². The molecule has 0 bridgehead atoms. The van der Waals surface area contributed by atoms with Crippen molar-refractivity contribution in [3.05, 3.63) is 0 Å². The van der Waals surface area contributed by atoms with Crippen molar-refractivity contribution in [2.45, 2.75) is 39.6 Å². The van der Waals surface area contributed by atoms with Crippen molar-refractivity contribution >= 4 is 0 Å². The zero-order chi connectivity index (χ0) is 6.78. The minimum atomic E-state index is -0.907. The average Bonchev–Trinajstić information content (AvgIpc) is 1.21. The third-order valence-electron chi connectivity index (χ3n) is 0.520. The predicted molar refractivity (Wildman–Crippen MR) is 31.0 cm³/mol. The Kier molecular flexibility index (Phi) is 2.44. The van der Waals surface area contributed by atoms with E-state index in [-0.39, 0.29) is 5.60 Å². The summed E-state index contributed by atoms with van der Waals surface area (Å²) in [6.45, 7) is 7.08. The summed E-state index contributed by atoms with van der Waals surface area (Å²) in [7, 11) is 0. The first-order chi connectivity index (χ1) is 3.42. The maximum Gasteiger partial charge on any atom is 0.189 e. The van der Waals surface area contributed by atoms with Crippen LogP contribution < -0.4 is 0 Å². The number of ether oxygens (including phenoxy) is 1. The molecule has 0 aliphatic rings. The largest absolute Gasteiger partial charge is 0.344 e. The Bertz CT molecular complexity index is 61.4. The maximum atomic E-state index is 10.3. The zero-order valence-corrected chi connectivity index (χ0v) is 5.89. The molecule has 0 N–H and O–H groups in total. The first-order valence-corrected chi connectivity index (χ1v) is 2.75. The van der Waals surface area contributed by atoms with Crippen LogP contribution in [0.25, 0.3) is 0 Å². The fourth-order valence-corrected chi connectivity index (χ4v) is 0.498. The second kappa shape index (κ2) is 2.46. The summed E-state index contributed by atoms with van der Waals surface area (Å²) in [6.07, 6.45) is -0.907. The molecule has 1 unspecified atom stereocenters. The fourth-order valence-electron chi connectivity index (χ4n) is 0.498. The van der Waals surface area contributed by atoms with Crippen molar-refractivity contribution < 1.29 is 9.84 Å². The molecule has 0 spiro atoms. The molecule has 0 aliphatic heterocycles. The summed E-state index contributed by atoms with van der Waals surface area (Å²) in [4.78, 5) is 0. The standard InChI is InChI=1S/C6H13O2/c1-5(7)8-6(2,3)4/h5H,1-4H3. The van der Waals surface area contributed by atoms with Gasteiger partial charge in [-0.05, 0) is 27.7 Å². The zero-order valence-electron chi connectivity index (χ0n) is 5.89. The third kappa shape index (κ3) is 5.92. The summed E-state index contributed by atoms with van der Waals surface area (Å²) in [5, 5.41) is 10.3. The lowest BCUT2D eigenvalue weighted by Gasteiger charge is -2.19. The van der Waals surface area contributed by atoms with E-state index in [9.17, 15) is 5.11 Å². The lowest BCUT2D eigenvalue weighted by atomic mass is 10.2. The van der Waals surface area contributed by atoms with Gasteiger partial charge in [-0.1, -0.05) is 0 Å². The molecule has 8 heavy (non-hydrogen) atoms. The van der Waals surface area contributed by atoms with Crippen molar-refractivity contribution in [1.82, 2.24) is 0 Å². The number of hydrogen-bond donors (Lipinski definition) is 0. The van der Waals surface area contributed by atoms with Crippen LogP contribution in [0.15, 0.2) is 0 Å². The van der Waals surface area contributed by atoms with Crippen molar-refractivity contribution in [2.24, 2.45) is 0 Å². The molecular weight excluding hydrogens is 104 g/mol. The van der Waals surface area contributed by atoms with Gasteiger partial charge < -0.3 is 4.74 Å². The van der Waals surface area contributed by atoms with Gasteiger partial charge in [0.15, 0.2) is 6.29 Å². The Balaban J connectivity index is 3.39. The minimum absolute atomic E-state index is 0.291. The van der Waals surface area contributed by atoms with E-state index in [0.29, 0.717) is 0 Å². The Hall–Kier alpha value is -0.0800. The first kappa shape index (κ1) is 7.92. The van der Waals surface area contributed by atoms with Gasteiger partial charge in [0.2, 0.25) is 0 Å². The van der Waals surface area contributed by atoms with E-state index in [2.05, 4.69) is 0 Å². The van der Waals surface area contributed by atoms with Gasteiger partial charge in [-0.25, -0.2) is 5.11 Å². The van der Waals surface area contributed by atoms with E-state index in [1.165, 1.54) is 6.92 Å². The van der Waals surface area contributed by atoms with Gasteiger partial charge in [-0.15, -0.1) is 0 Å². The van der Waals surface area contributed by atoms with Crippen LogP contribution in [0.3, 0.4) is 0 Å². The molecule has 0 rings (SSSR count). The number of rotatable bonds is 1. The Morgan fingerprint density at radius 2 is 1.75 bits per heavy atom. The molecule has 0 heterocycles. The van der Waals surface area contributed by atoms with E-state index in [0.717, 1.165) is 0 Å². The fraction of sp³-hybridized carbons (Fsp3) is 1.00. The van der Waals surface area contributed by atoms with Crippen molar-refractivity contribution in [2.75, 3.05) is 0 Å². The van der Waals surface area contributed by atoms with Crippen molar-refractivity contribution in [3.63, 3.8) is 0 Å². The molecule has 2 nitrogen and oxygen atoms in total. The molecule has 0 amide bonds. The van der Waals surface area contributed by atoms with Gasteiger partial charge >= 0.3 is 0 Å². The van der Waals surface area contributed by atoms with Crippen LogP contribution in [0.2, 0.25) is 0 Å². The second-order valence-electron chi connectivity index (χ2n) is 2.80. The van der Waals surface area contributed by atoms with Crippen molar-refractivity contribution in [3.8, 4) is 0 Å². The molecule has 0 aliphatic carbocycles. The van der Waals surface area contributed by atoms with Gasteiger partial charge in [0.25, 0.3) is 0 Å². The Morgan fingerprint density at radius 3 is 1.75 bits per heavy atom. The summed E-state index contributed by atoms with van der Waals surface area (Å²) in [5.41, 5.74) is -0.291. The smallest absolute Gasteiger partial charge is 0.189 e. The SMILES string of the molecule is CC([O])OC(C)(C)C. The van der Waals surface area contributed by atoms with E-state index in [1.807, 2.05) is 20.8 Å². The average molecular weight is 117 g/mol. The maximum absolute atomic E-state index is 10.3. The second-order valence-corrected chi connectivity index (χ2v) is 2.80. The van der Waals surface area contributed by atoms with E-state index in [1.54, 1.807) is 0 Å². The molecule has 0 aromatic carbocycles. The first-order valence-electron chi connectivity index (χ1n) is 2.75. The van der Waals surface area contributed by atoms with Crippen LogP contribution in [0.4, 0.5) is 0 Å². The van der Waals surface area contributed by atoms with Crippen LogP contribution >= 0.6 is 0 Å².